The van der Waals surface area contributed by atoms with E-state index in [1.165, 1.54) is 4.31 Å². The Kier molecular flexibility index (Phi) is 2.90. The standard InChI is InChI=1S/C9H12N2O2S/c12-14(13)11-7-1-2-9(11)8-3-5-10-6-4-8/h3-6,9H,1-2,7H2,(H,12,13)/p-1. The monoisotopic (exact) mass is 211 g/mol. The second-order valence-electron chi connectivity index (χ2n) is 3.30. The highest BCUT2D eigenvalue weighted by Crippen LogP contribution is 2.31. The zero-order chi connectivity index (χ0) is 9.97. The van der Waals surface area contributed by atoms with Gasteiger partial charge in [-0.25, -0.2) is 4.31 Å². The van der Waals surface area contributed by atoms with Crippen molar-refractivity contribution in [2.75, 3.05) is 6.54 Å². The molecule has 2 atom stereocenters. The van der Waals surface area contributed by atoms with Crippen molar-refractivity contribution in [1.82, 2.24) is 9.29 Å². The highest BCUT2D eigenvalue weighted by molar-refractivity contribution is 7.76. The molecule has 1 aliphatic heterocycles. The molecule has 4 nitrogen and oxygen atoms in total. The minimum Gasteiger partial charge on any atom is -0.760 e. The first-order valence-corrected chi connectivity index (χ1v) is 5.58. The first kappa shape index (κ1) is 9.76. The second-order valence-corrected chi connectivity index (χ2v) is 4.20. The van der Waals surface area contributed by atoms with Crippen LogP contribution in [0.3, 0.4) is 0 Å². The van der Waals surface area contributed by atoms with Crippen LogP contribution in [-0.4, -0.2) is 24.6 Å². The van der Waals surface area contributed by atoms with Crippen molar-refractivity contribution in [3.63, 3.8) is 0 Å². The van der Waals surface area contributed by atoms with Gasteiger partial charge >= 0.3 is 0 Å². The Morgan fingerprint density at radius 1 is 1.50 bits per heavy atom. The Bertz CT molecular complexity index is 331. The van der Waals surface area contributed by atoms with Gasteiger partial charge in [-0.05, 0) is 30.5 Å². The van der Waals surface area contributed by atoms with Crippen molar-refractivity contribution in [3.8, 4) is 0 Å². The molecule has 0 N–H and O–H groups in total. The maximum Gasteiger partial charge on any atom is 0.0466 e. The van der Waals surface area contributed by atoms with Crippen molar-refractivity contribution in [2.24, 2.45) is 0 Å². The molecular weight excluding hydrogens is 200 g/mol. The molecule has 1 aromatic rings. The van der Waals surface area contributed by atoms with Gasteiger partial charge in [0.2, 0.25) is 0 Å². The Morgan fingerprint density at radius 3 is 2.86 bits per heavy atom. The fourth-order valence-electron chi connectivity index (χ4n) is 1.84. The SMILES string of the molecule is O=S([O-])N1CCCC1c1ccncc1. The number of pyridine rings is 1. The Labute approximate surface area is 85.4 Å². The molecule has 2 unspecified atom stereocenters. The number of aromatic nitrogens is 1. The van der Waals surface area contributed by atoms with Crippen LogP contribution < -0.4 is 0 Å². The first-order chi connectivity index (χ1) is 6.79. The van der Waals surface area contributed by atoms with Crippen LogP contribution in [0.4, 0.5) is 0 Å². The van der Waals surface area contributed by atoms with Gasteiger partial charge in [0.1, 0.15) is 0 Å². The lowest BCUT2D eigenvalue weighted by atomic mass is 10.1. The minimum absolute atomic E-state index is 0.0105. The van der Waals surface area contributed by atoms with E-state index in [0.717, 1.165) is 18.4 Å². The summed E-state index contributed by atoms with van der Waals surface area (Å²) in [5, 5.41) is 0. The third-order valence-electron chi connectivity index (χ3n) is 2.49. The quantitative estimate of drug-likeness (QED) is 0.686. The van der Waals surface area contributed by atoms with Crippen molar-refractivity contribution in [2.45, 2.75) is 18.9 Å². The van der Waals surface area contributed by atoms with Crippen LogP contribution in [0.5, 0.6) is 0 Å². The molecule has 0 spiro atoms. The van der Waals surface area contributed by atoms with E-state index in [4.69, 9.17) is 0 Å². The summed E-state index contributed by atoms with van der Waals surface area (Å²) in [6, 6.07) is 3.75. The molecule has 1 saturated heterocycles. The van der Waals surface area contributed by atoms with E-state index in [-0.39, 0.29) is 6.04 Å². The average Bonchev–Trinajstić information content (AvgIpc) is 2.67. The lowest BCUT2D eigenvalue weighted by molar-refractivity contribution is 0.375. The zero-order valence-electron chi connectivity index (χ0n) is 7.63. The van der Waals surface area contributed by atoms with Crippen LogP contribution >= 0.6 is 0 Å². The summed E-state index contributed by atoms with van der Waals surface area (Å²) in [5.74, 6) is 0. The minimum atomic E-state index is -2.11. The van der Waals surface area contributed by atoms with Gasteiger partial charge in [0.25, 0.3) is 0 Å². The van der Waals surface area contributed by atoms with E-state index in [1.807, 2.05) is 12.1 Å². The molecule has 0 aromatic carbocycles. The Hall–Kier alpha value is -0.780. The lowest BCUT2D eigenvalue weighted by Gasteiger charge is -2.25. The molecule has 76 valence electrons. The average molecular weight is 211 g/mol. The molecule has 2 heterocycles. The molecule has 2 rings (SSSR count). The van der Waals surface area contributed by atoms with Gasteiger partial charge in [0.15, 0.2) is 0 Å². The first-order valence-electron chi connectivity index (χ1n) is 4.55. The number of hydrogen-bond donors (Lipinski definition) is 0. The fourth-order valence-corrected chi connectivity index (χ4v) is 2.55. The molecule has 1 fully saturated rings. The smallest absolute Gasteiger partial charge is 0.0466 e. The summed E-state index contributed by atoms with van der Waals surface area (Å²) in [6.07, 6.45) is 5.22. The molecule has 0 saturated carbocycles. The van der Waals surface area contributed by atoms with E-state index < -0.39 is 11.3 Å². The molecule has 0 bridgehead atoms. The second kappa shape index (κ2) is 4.16. The highest BCUT2D eigenvalue weighted by Gasteiger charge is 2.26. The van der Waals surface area contributed by atoms with Gasteiger partial charge in [-0.2, -0.15) is 0 Å². The van der Waals surface area contributed by atoms with Gasteiger partial charge < -0.3 is 4.55 Å². The fraction of sp³-hybridized carbons (Fsp3) is 0.444. The van der Waals surface area contributed by atoms with Crippen LogP contribution in [0.1, 0.15) is 24.4 Å². The van der Waals surface area contributed by atoms with Crippen LogP contribution in [-0.2, 0) is 11.3 Å². The summed E-state index contributed by atoms with van der Waals surface area (Å²) in [6.45, 7) is 0.628. The molecule has 0 amide bonds. The Balaban J connectivity index is 2.22. The van der Waals surface area contributed by atoms with E-state index in [0.29, 0.717) is 6.54 Å². The van der Waals surface area contributed by atoms with Gasteiger partial charge in [-0.3, -0.25) is 9.19 Å². The van der Waals surface area contributed by atoms with Crippen LogP contribution in [0.15, 0.2) is 24.5 Å². The van der Waals surface area contributed by atoms with E-state index in [9.17, 15) is 8.76 Å². The van der Waals surface area contributed by atoms with E-state index in [2.05, 4.69) is 4.98 Å². The normalized spacial score (nSPS) is 25.1. The Morgan fingerprint density at radius 2 is 2.21 bits per heavy atom. The number of nitrogens with zero attached hydrogens (tertiary/aromatic N) is 2. The third kappa shape index (κ3) is 1.84. The van der Waals surface area contributed by atoms with Gasteiger partial charge in [0.05, 0.1) is 0 Å². The lowest BCUT2D eigenvalue weighted by Crippen LogP contribution is -2.25. The van der Waals surface area contributed by atoms with Gasteiger partial charge in [-0.15, -0.1) is 0 Å². The molecule has 0 radical (unpaired) electrons. The summed E-state index contributed by atoms with van der Waals surface area (Å²) < 4.78 is 23.3. The molecule has 1 aromatic heterocycles. The molecule has 14 heavy (non-hydrogen) atoms. The van der Waals surface area contributed by atoms with Crippen molar-refractivity contribution in [3.05, 3.63) is 30.1 Å². The van der Waals surface area contributed by atoms with Gasteiger partial charge in [0, 0.05) is 36.2 Å². The van der Waals surface area contributed by atoms with Crippen molar-refractivity contribution >= 4 is 11.3 Å². The molecule has 1 aliphatic rings. The highest BCUT2D eigenvalue weighted by atomic mass is 32.2. The summed E-state index contributed by atoms with van der Waals surface area (Å²) in [4.78, 5) is 3.91. The predicted molar refractivity (Wildman–Crippen MR) is 51.8 cm³/mol. The maximum atomic E-state index is 10.9. The zero-order valence-corrected chi connectivity index (χ0v) is 8.44. The topological polar surface area (TPSA) is 56.3 Å². The summed E-state index contributed by atoms with van der Waals surface area (Å²) >= 11 is -2.11. The number of rotatable bonds is 2. The predicted octanol–water partition coefficient (Wildman–Crippen LogP) is 1.01. The molecular formula is C9H11N2O2S-. The largest absolute Gasteiger partial charge is 0.760 e. The number of hydrogen-bond acceptors (Lipinski definition) is 3. The summed E-state index contributed by atoms with van der Waals surface area (Å²) in [7, 11) is 0. The van der Waals surface area contributed by atoms with Gasteiger partial charge in [-0.1, -0.05) is 0 Å². The molecule has 0 aliphatic carbocycles. The van der Waals surface area contributed by atoms with E-state index in [1.54, 1.807) is 12.4 Å². The third-order valence-corrected chi connectivity index (χ3v) is 3.31. The van der Waals surface area contributed by atoms with Crippen molar-refractivity contribution in [1.29, 1.82) is 0 Å². The maximum absolute atomic E-state index is 10.9. The van der Waals surface area contributed by atoms with Crippen LogP contribution in [0.2, 0.25) is 0 Å². The van der Waals surface area contributed by atoms with Crippen LogP contribution in [0, 0.1) is 0 Å². The molecule has 5 heteroatoms. The van der Waals surface area contributed by atoms with Crippen LogP contribution in [0.25, 0.3) is 0 Å². The summed E-state index contributed by atoms with van der Waals surface area (Å²) in [5.41, 5.74) is 1.03. The van der Waals surface area contributed by atoms with Crippen molar-refractivity contribution < 1.29 is 8.76 Å². The van der Waals surface area contributed by atoms with E-state index >= 15 is 0 Å².